The minimum absolute atomic E-state index is 0.171. The Balaban J connectivity index is 2.43. The van der Waals surface area contributed by atoms with Gasteiger partial charge in [-0.15, -0.1) is 4.40 Å². The molecule has 1 atom stereocenters. The monoisotopic (exact) mass is 415 g/mol. The maximum Gasteiger partial charge on any atom is 0.348 e. The van der Waals surface area contributed by atoms with E-state index in [-0.39, 0.29) is 10.1 Å². The third-order valence-corrected chi connectivity index (χ3v) is 6.16. The lowest BCUT2D eigenvalue weighted by Gasteiger charge is -2.27. The fraction of sp³-hybridized carbons (Fsp3) is 0.467. The summed E-state index contributed by atoms with van der Waals surface area (Å²) in [5.74, 6) is -0.481. The second-order valence-electron chi connectivity index (χ2n) is 6.49. The molecule has 1 aliphatic carbocycles. The van der Waals surface area contributed by atoms with Gasteiger partial charge in [0, 0.05) is 14.1 Å². The Kier molecular flexibility index (Phi) is 5.46. The zero-order valence-electron chi connectivity index (χ0n) is 14.7. The standard InChI is InChI=1S/C15H18ClN5O3S2/c1-15(2)13(22)20(11-6-5-10(8-17)12(16)7-11)14(25)21(15)26(23,24)18-9-19(3)4/h5,7,9,11H,6H2,1-4H3. The summed E-state index contributed by atoms with van der Waals surface area (Å²) >= 11 is 11.4. The molecule has 0 aromatic rings. The summed E-state index contributed by atoms with van der Waals surface area (Å²) < 4.78 is 29.7. The number of hydrogen-bond donors (Lipinski definition) is 0. The van der Waals surface area contributed by atoms with Crippen molar-refractivity contribution in [2.45, 2.75) is 31.8 Å². The molecule has 0 radical (unpaired) electrons. The van der Waals surface area contributed by atoms with Crippen molar-refractivity contribution in [1.29, 1.82) is 5.26 Å². The molecule has 0 N–H and O–H groups in total. The van der Waals surface area contributed by atoms with E-state index in [4.69, 9.17) is 29.1 Å². The summed E-state index contributed by atoms with van der Waals surface area (Å²) in [7, 11) is -0.964. The highest BCUT2D eigenvalue weighted by molar-refractivity contribution is 7.90. The average Bonchev–Trinajstić information content (AvgIpc) is 2.71. The van der Waals surface area contributed by atoms with Gasteiger partial charge in [-0.25, -0.2) is 4.31 Å². The van der Waals surface area contributed by atoms with E-state index in [1.807, 2.05) is 6.07 Å². The van der Waals surface area contributed by atoms with Crippen molar-refractivity contribution in [1.82, 2.24) is 14.1 Å². The molecule has 1 unspecified atom stereocenters. The number of nitrogens with zero attached hydrogens (tertiary/aromatic N) is 5. The number of rotatable bonds is 4. The van der Waals surface area contributed by atoms with Gasteiger partial charge in [-0.3, -0.25) is 9.69 Å². The van der Waals surface area contributed by atoms with Gasteiger partial charge in [0.05, 0.1) is 16.6 Å². The number of thiocarbonyl (C=S) groups is 1. The third-order valence-electron chi connectivity index (χ3n) is 3.88. The second kappa shape index (κ2) is 6.98. The van der Waals surface area contributed by atoms with Crippen LogP contribution >= 0.6 is 23.8 Å². The van der Waals surface area contributed by atoms with Crippen LogP contribution in [0.15, 0.2) is 27.2 Å². The summed E-state index contributed by atoms with van der Waals surface area (Å²) in [4.78, 5) is 15.6. The summed E-state index contributed by atoms with van der Waals surface area (Å²) in [5, 5.41) is 9.02. The average molecular weight is 416 g/mol. The molecular formula is C15H18ClN5O3S2. The van der Waals surface area contributed by atoms with E-state index >= 15 is 0 Å². The van der Waals surface area contributed by atoms with Crippen LogP contribution in [0.4, 0.5) is 0 Å². The minimum Gasteiger partial charge on any atom is -0.368 e. The number of halogens is 1. The molecule has 2 aliphatic rings. The molecule has 0 aromatic heterocycles. The fourth-order valence-electron chi connectivity index (χ4n) is 2.63. The molecule has 0 saturated carbocycles. The van der Waals surface area contributed by atoms with E-state index in [0.29, 0.717) is 12.0 Å². The van der Waals surface area contributed by atoms with Crippen molar-refractivity contribution >= 4 is 51.4 Å². The Hall–Kier alpha value is -1.96. The zero-order valence-corrected chi connectivity index (χ0v) is 17.1. The van der Waals surface area contributed by atoms with E-state index in [2.05, 4.69) is 4.40 Å². The minimum atomic E-state index is -4.21. The van der Waals surface area contributed by atoms with E-state index in [0.717, 1.165) is 10.6 Å². The predicted octanol–water partition coefficient (Wildman–Crippen LogP) is 1.37. The maximum absolute atomic E-state index is 12.9. The molecule has 1 aliphatic heterocycles. The van der Waals surface area contributed by atoms with Crippen LogP contribution in [0.25, 0.3) is 0 Å². The highest BCUT2D eigenvalue weighted by Gasteiger charge is 2.55. The van der Waals surface area contributed by atoms with Crippen LogP contribution in [0.1, 0.15) is 20.3 Å². The lowest BCUT2D eigenvalue weighted by Crippen LogP contribution is -2.47. The van der Waals surface area contributed by atoms with Crippen molar-refractivity contribution in [2.75, 3.05) is 14.1 Å². The van der Waals surface area contributed by atoms with E-state index in [9.17, 15) is 13.2 Å². The third kappa shape index (κ3) is 3.47. The van der Waals surface area contributed by atoms with Crippen LogP contribution in [-0.2, 0) is 15.0 Å². The van der Waals surface area contributed by atoms with Gasteiger partial charge >= 0.3 is 10.2 Å². The van der Waals surface area contributed by atoms with Crippen molar-refractivity contribution in [3.05, 3.63) is 22.8 Å². The summed E-state index contributed by atoms with van der Waals surface area (Å²) in [6, 6.07) is 1.39. The van der Waals surface area contributed by atoms with Crippen LogP contribution in [0.3, 0.4) is 0 Å². The molecular weight excluding hydrogens is 398 g/mol. The van der Waals surface area contributed by atoms with Crippen LogP contribution in [-0.4, -0.2) is 65.6 Å². The van der Waals surface area contributed by atoms with Crippen molar-refractivity contribution in [3.63, 3.8) is 0 Å². The Labute approximate surface area is 163 Å². The molecule has 1 amide bonds. The fourth-order valence-corrected chi connectivity index (χ4v) is 4.96. The van der Waals surface area contributed by atoms with Crippen LogP contribution in [0, 0.1) is 11.3 Å². The van der Waals surface area contributed by atoms with E-state index < -0.39 is 27.7 Å². The van der Waals surface area contributed by atoms with Crippen LogP contribution < -0.4 is 0 Å². The van der Waals surface area contributed by atoms with Gasteiger partial charge < -0.3 is 4.90 Å². The molecule has 26 heavy (non-hydrogen) atoms. The van der Waals surface area contributed by atoms with Crippen molar-refractivity contribution in [2.24, 2.45) is 4.40 Å². The lowest BCUT2D eigenvalue weighted by molar-refractivity contribution is -0.131. The first-order chi connectivity index (χ1) is 11.9. The van der Waals surface area contributed by atoms with Gasteiger partial charge in [0.1, 0.15) is 17.9 Å². The van der Waals surface area contributed by atoms with Gasteiger partial charge in [-0.2, -0.15) is 13.7 Å². The Morgan fingerprint density at radius 2 is 2.12 bits per heavy atom. The molecule has 1 fully saturated rings. The Bertz CT molecular complexity index is 883. The predicted molar refractivity (Wildman–Crippen MR) is 102 cm³/mol. The van der Waals surface area contributed by atoms with Crippen LogP contribution in [0.5, 0.6) is 0 Å². The Morgan fingerprint density at radius 1 is 1.50 bits per heavy atom. The van der Waals surface area contributed by atoms with Gasteiger partial charge in [0.2, 0.25) is 0 Å². The number of carbonyl (C=O) groups is 1. The zero-order chi connectivity index (χ0) is 19.9. The molecule has 1 heterocycles. The van der Waals surface area contributed by atoms with Crippen molar-refractivity contribution in [3.8, 4) is 6.07 Å². The highest BCUT2D eigenvalue weighted by Crippen LogP contribution is 2.35. The molecule has 0 aromatic carbocycles. The summed E-state index contributed by atoms with van der Waals surface area (Å²) in [6.45, 7) is 2.93. The number of hydrogen-bond acceptors (Lipinski definition) is 5. The maximum atomic E-state index is 12.9. The lowest BCUT2D eigenvalue weighted by atomic mass is 10.0. The molecule has 11 heteroatoms. The molecule has 1 saturated heterocycles. The molecule has 0 spiro atoms. The molecule has 2 rings (SSSR count). The first kappa shape index (κ1) is 20.4. The van der Waals surface area contributed by atoms with Gasteiger partial charge in [0.15, 0.2) is 5.11 Å². The Morgan fingerprint density at radius 3 is 2.62 bits per heavy atom. The topological polar surface area (TPSA) is 97.1 Å². The summed E-state index contributed by atoms with van der Waals surface area (Å²) in [5.41, 5.74) is -1.13. The highest BCUT2D eigenvalue weighted by atomic mass is 35.5. The van der Waals surface area contributed by atoms with Gasteiger partial charge in [-0.05, 0) is 38.6 Å². The quantitative estimate of drug-likeness (QED) is 0.391. The molecule has 140 valence electrons. The number of amides is 1. The first-order valence-corrected chi connectivity index (χ1v) is 9.74. The number of allylic oxidation sites excluding steroid dienone is 2. The van der Waals surface area contributed by atoms with Gasteiger partial charge in [-0.1, -0.05) is 17.7 Å². The first-order valence-electron chi connectivity index (χ1n) is 7.56. The van der Waals surface area contributed by atoms with Gasteiger partial charge in [0.25, 0.3) is 5.91 Å². The second-order valence-corrected chi connectivity index (χ2v) is 8.73. The SMILES string of the molecule is CN(C)C=NS(=O)(=O)N1C(=S)N(C2C=C(Cl)C(C#N)=CC2)C(=O)C1(C)C. The van der Waals surface area contributed by atoms with Crippen LogP contribution in [0.2, 0.25) is 0 Å². The largest absolute Gasteiger partial charge is 0.368 e. The smallest absolute Gasteiger partial charge is 0.348 e. The van der Waals surface area contributed by atoms with E-state index in [1.165, 1.54) is 29.7 Å². The molecule has 8 nitrogen and oxygen atoms in total. The number of nitriles is 1. The summed E-state index contributed by atoms with van der Waals surface area (Å²) in [6.07, 6.45) is 4.55. The molecule has 0 bridgehead atoms. The number of carbonyl (C=O) groups excluding carboxylic acids is 1. The van der Waals surface area contributed by atoms with E-state index in [1.54, 1.807) is 20.2 Å². The normalized spacial score (nSPS) is 23.2. The van der Waals surface area contributed by atoms with Crippen molar-refractivity contribution < 1.29 is 13.2 Å².